The molecular weight excluding hydrogens is 574 g/mol. The first kappa shape index (κ1) is 33.1. The second-order valence-corrected chi connectivity index (χ2v) is 13.4. The largest absolute Gasteiger partial charge is 0.494 e. The number of aryl methyl sites for hydroxylation is 2. The third kappa shape index (κ3) is 8.40. The summed E-state index contributed by atoms with van der Waals surface area (Å²) in [5.41, 5.74) is 3.24. The zero-order chi connectivity index (χ0) is 31.7. The lowest BCUT2D eigenvalue weighted by atomic mass is 9.95. The predicted octanol–water partition coefficient (Wildman–Crippen LogP) is 6.15. The van der Waals surface area contributed by atoms with Crippen molar-refractivity contribution in [1.29, 1.82) is 0 Å². The van der Waals surface area contributed by atoms with Crippen molar-refractivity contribution in [2.24, 2.45) is 0 Å². The summed E-state index contributed by atoms with van der Waals surface area (Å²) in [6.45, 7) is 7.82. The van der Waals surface area contributed by atoms with Gasteiger partial charge in [0.25, 0.3) is 10.0 Å². The van der Waals surface area contributed by atoms with Gasteiger partial charge in [-0.15, -0.1) is 0 Å². The number of benzene rings is 3. The van der Waals surface area contributed by atoms with E-state index in [1.54, 1.807) is 29.2 Å². The first-order valence-electron chi connectivity index (χ1n) is 15.6. The van der Waals surface area contributed by atoms with Crippen molar-refractivity contribution in [3.63, 3.8) is 0 Å². The zero-order valence-corrected chi connectivity index (χ0v) is 27.1. The highest BCUT2D eigenvalue weighted by molar-refractivity contribution is 7.92. The van der Waals surface area contributed by atoms with E-state index in [0.717, 1.165) is 46.7 Å². The number of rotatable bonds is 13. The minimum absolute atomic E-state index is 0.0432. The van der Waals surface area contributed by atoms with E-state index in [9.17, 15) is 18.0 Å². The van der Waals surface area contributed by atoms with Crippen LogP contribution in [0.5, 0.6) is 5.75 Å². The number of sulfonamides is 1. The summed E-state index contributed by atoms with van der Waals surface area (Å²) in [4.78, 5) is 29.6. The molecule has 1 atom stereocenters. The molecule has 0 saturated heterocycles. The molecule has 44 heavy (non-hydrogen) atoms. The lowest BCUT2D eigenvalue weighted by Crippen LogP contribution is -2.54. The number of hydrogen-bond donors (Lipinski definition) is 1. The highest BCUT2D eigenvalue weighted by atomic mass is 32.2. The summed E-state index contributed by atoms with van der Waals surface area (Å²) >= 11 is 0. The molecule has 1 unspecified atom stereocenters. The number of hydrogen-bond acceptors (Lipinski definition) is 5. The lowest BCUT2D eigenvalue weighted by Gasteiger charge is -2.34. The van der Waals surface area contributed by atoms with Crippen LogP contribution in [0.4, 0.5) is 5.69 Å². The Morgan fingerprint density at radius 1 is 0.909 bits per heavy atom. The standard InChI is InChI=1S/C35H45N3O5S/c1-5-33(35(40)36-29-13-8-7-9-14-29)37(24-28-12-10-11-27(4)23-28)34(39)25-38(30-17-15-26(3)16-18-30)44(41,42)32-21-19-31(20-22-32)43-6-2/h10-12,15-23,29,33H,5-9,13-14,24-25H2,1-4H3,(H,36,40). The van der Waals surface area contributed by atoms with Gasteiger partial charge in [-0.05, 0) is 82.0 Å². The second kappa shape index (κ2) is 15.2. The molecule has 0 spiro atoms. The van der Waals surface area contributed by atoms with E-state index in [1.807, 2.05) is 64.1 Å². The number of ether oxygens (including phenoxy) is 1. The summed E-state index contributed by atoms with van der Waals surface area (Å²) < 4.78 is 34.9. The molecule has 0 radical (unpaired) electrons. The van der Waals surface area contributed by atoms with Gasteiger partial charge in [-0.2, -0.15) is 0 Å². The Kier molecular flexibility index (Phi) is 11.4. The number of nitrogens with one attached hydrogen (secondary N) is 1. The van der Waals surface area contributed by atoms with Gasteiger partial charge in [-0.1, -0.05) is 73.7 Å². The van der Waals surface area contributed by atoms with Crippen LogP contribution in [0.25, 0.3) is 0 Å². The van der Waals surface area contributed by atoms with Gasteiger partial charge in [0.15, 0.2) is 0 Å². The van der Waals surface area contributed by atoms with E-state index < -0.39 is 28.5 Å². The van der Waals surface area contributed by atoms with Gasteiger partial charge < -0.3 is 15.0 Å². The van der Waals surface area contributed by atoms with E-state index in [2.05, 4.69) is 5.32 Å². The molecular formula is C35H45N3O5S. The van der Waals surface area contributed by atoms with Crippen molar-refractivity contribution >= 4 is 27.5 Å². The lowest BCUT2D eigenvalue weighted by molar-refractivity contribution is -0.140. The molecule has 0 aliphatic heterocycles. The van der Waals surface area contributed by atoms with Gasteiger partial charge in [0.05, 0.1) is 17.2 Å². The summed E-state index contributed by atoms with van der Waals surface area (Å²) in [7, 11) is -4.15. The summed E-state index contributed by atoms with van der Waals surface area (Å²) in [6, 6.07) is 20.4. The molecule has 3 aromatic carbocycles. The zero-order valence-electron chi connectivity index (χ0n) is 26.3. The monoisotopic (exact) mass is 619 g/mol. The molecule has 1 saturated carbocycles. The van der Waals surface area contributed by atoms with Gasteiger partial charge >= 0.3 is 0 Å². The summed E-state index contributed by atoms with van der Waals surface area (Å²) in [6.07, 6.45) is 5.56. The number of nitrogens with zero attached hydrogens (tertiary/aromatic N) is 2. The van der Waals surface area contributed by atoms with E-state index in [-0.39, 0.29) is 23.4 Å². The molecule has 1 aliphatic rings. The van der Waals surface area contributed by atoms with Crippen molar-refractivity contribution in [2.75, 3.05) is 17.5 Å². The van der Waals surface area contributed by atoms with Crippen LogP contribution < -0.4 is 14.4 Å². The molecule has 9 heteroatoms. The fraction of sp³-hybridized carbons (Fsp3) is 0.429. The van der Waals surface area contributed by atoms with Gasteiger partial charge in [0.2, 0.25) is 11.8 Å². The van der Waals surface area contributed by atoms with Crippen molar-refractivity contribution in [2.45, 2.75) is 89.7 Å². The molecule has 2 amide bonds. The van der Waals surface area contributed by atoms with Crippen LogP contribution in [0.1, 0.15) is 69.1 Å². The fourth-order valence-corrected chi connectivity index (χ4v) is 7.13. The van der Waals surface area contributed by atoms with Gasteiger partial charge in [-0.25, -0.2) is 8.42 Å². The smallest absolute Gasteiger partial charge is 0.264 e. The summed E-state index contributed by atoms with van der Waals surface area (Å²) in [5, 5.41) is 3.19. The molecule has 8 nitrogen and oxygen atoms in total. The predicted molar refractivity (Wildman–Crippen MR) is 174 cm³/mol. The third-order valence-corrected chi connectivity index (χ3v) is 9.88. The van der Waals surface area contributed by atoms with Crippen molar-refractivity contribution < 1.29 is 22.7 Å². The first-order valence-corrected chi connectivity index (χ1v) is 17.0. The van der Waals surface area contributed by atoms with Crippen molar-refractivity contribution in [3.8, 4) is 5.75 Å². The number of carbonyl (C=O) groups excluding carboxylic acids is 2. The molecule has 1 aliphatic carbocycles. The van der Waals surface area contributed by atoms with Crippen molar-refractivity contribution in [1.82, 2.24) is 10.2 Å². The SMILES string of the molecule is CCOc1ccc(S(=O)(=O)N(CC(=O)N(Cc2cccc(C)c2)C(CC)C(=O)NC2CCCCC2)c2ccc(C)cc2)cc1. The summed E-state index contributed by atoms with van der Waals surface area (Å²) in [5.74, 6) is -0.0904. The topological polar surface area (TPSA) is 96.0 Å². The van der Waals surface area contributed by atoms with E-state index in [1.165, 1.54) is 18.6 Å². The minimum Gasteiger partial charge on any atom is -0.494 e. The fourth-order valence-electron chi connectivity index (χ4n) is 5.71. The molecule has 4 rings (SSSR count). The molecule has 0 aromatic heterocycles. The Balaban J connectivity index is 1.70. The molecule has 3 aromatic rings. The maximum Gasteiger partial charge on any atom is 0.264 e. The average Bonchev–Trinajstić information content (AvgIpc) is 3.01. The van der Waals surface area contributed by atoms with Crippen LogP contribution in [0.3, 0.4) is 0 Å². The number of anilines is 1. The highest BCUT2D eigenvalue weighted by Gasteiger charge is 2.34. The Morgan fingerprint density at radius 3 is 2.20 bits per heavy atom. The quantitative estimate of drug-likeness (QED) is 0.248. The van der Waals surface area contributed by atoms with Gasteiger partial charge in [0, 0.05) is 12.6 Å². The Morgan fingerprint density at radius 2 is 1.59 bits per heavy atom. The van der Waals surface area contributed by atoms with Crippen LogP contribution in [-0.4, -0.2) is 50.4 Å². The second-order valence-electron chi connectivity index (χ2n) is 11.5. The average molecular weight is 620 g/mol. The Hall–Kier alpha value is -3.85. The normalized spacial score (nSPS) is 14.5. The van der Waals surface area contributed by atoms with E-state index in [0.29, 0.717) is 24.5 Å². The van der Waals surface area contributed by atoms with Crippen LogP contribution >= 0.6 is 0 Å². The molecule has 0 heterocycles. The Labute approximate surface area is 262 Å². The molecule has 1 N–H and O–H groups in total. The van der Waals surface area contributed by atoms with E-state index >= 15 is 0 Å². The maximum atomic E-state index is 14.3. The number of amides is 2. The van der Waals surface area contributed by atoms with E-state index in [4.69, 9.17) is 4.74 Å². The van der Waals surface area contributed by atoms with Crippen LogP contribution in [0, 0.1) is 13.8 Å². The molecule has 236 valence electrons. The highest BCUT2D eigenvalue weighted by Crippen LogP contribution is 2.27. The van der Waals surface area contributed by atoms with Crippen LogP contribution in [0.2, 0.25) is 0 Å². The van der Waals surface area contributed by atoms with Gasteiger partial charge in [-0.3, -0.25) is 13.9 Å². The third-order valence-electron chi connectivity index (χ3n) is 8.10. The van der Waals surface area contributed by atoms with Crippen molar-refractivity contribution in [3.05, 3.63) is 89.5 Å². The molecule has 0 bridgehead atoms. The van der Waals surface area contributed by atoms with Crippen LogP contribution in [0.15, 0.2) is 77.7 Å². The first-order chi connectivity index (χ1) is 21.1. The van der Waals surface area contributed by atoms with Crippen LogP contribution in [-0.2, 0) is 26.2 Å². The maximum absolute atomic E-state index is 14.3. The van der Waals surface area contributed by atoms with Gasteiger partial charge in [0.1, 0.15) is 18.3 Å². The minimum atomic E-state index is -4.15. The number of carbonyl (C=O) groups is 2. The molecule has 1 fully saturated rings. The Bertz CT molecular complexity index is 1500.